The van der Waals surface area contributed by atoms with Gasteiger partial charge in [-0.15, -0.1) is 0 Å². The molecular weight excluding hydrogens is 403 g/mol. The first-order valence-corrected chi connectivity index (χ1v) is 11.4. The number of nitrogens with zero attached hydrogens (tertiary/aromatic N) is 1. The SMILES string of the molecule is NCCc1ccccc1[N+](=O)[O-].c1ccc(P(c2ccccc2)c2ccccc2)cc1. The minimum absolute atomic E-state index is 0.156. The van der Waals surface area contributed by atoms with Crippen LogP contribution in [0.4, 0.5) is 5.69 Å². The maximum Gasteiger partial charge on any atom is 0.272 e. The monoisotopic (exact) mass is 428 g/mol. The summed E-state index contributed by atoms with van der Waals surface area (Å²) in [5.74, 6) is 0. The fourth-order valence-corrected chi connectivity index (χ4v) is 5.54. The lowest BCUT2D eigenvalue weighted by Crippen LogP contribution is -2.20. The molecule has 156 valence electrons. The molecular formula is C26H25N2O2P. The van der Waals surface area contributed by atoms with E-state index in [1.807, 2.05) is 0 Å². The minimum Gasteiger partial charge on any atom is -0.330 e. The second-order valence-electron chi connectivity index (χ2n) is 6.77. The molecule has 5 heteroatoms. The second kappa shape index (κ2) is 11.8. The Morgan fingerprint density at radius 3 is 1.42 bits per heavy atom. The van der Waals surface area contributed by atoms with Crippen LogP contribution >= 0.6 is 7.92 Å². The number of rotatable bonds is 6. The number of nitrogens with two attached hydrogens (primary N) is 1. The highest BCUT2D eigenvalue weighted by molar-refractivity contribution is 7.79. The summed E-state index contributed by atoms with van der Waals surface area (Å²) in [6.07, 6.45) is 0.553. The predicted molar refractivity (Wildman–Crippen MR) is 131 cm³/mol. The molecule has 0 spiro atoms. The van der Waals surface area contributed by atoms with Crippen molar-refractivity contribution in [2.45, 2.75) is 6.42 Å². The smallest absolute Gasteiger partial charge is 0.272 e. The lowest BCUT2D eigenvalue weighted by molar-refractivity contribution is -0.385. The lowest BCUT2D eigenvalue weighted by atomic mass is 10.1. The molecule has 0 aliphatic rings. The van der Waals surface area contributed by atoms with Gasteiger partial charge >= 0.3 is 0 Å². The van der Waals surface area contributed by atoms with Crippen LogP contribution < -0.4 is 21.6 Å². The van der Waals surface area contributed by atoms with Gasteiger partial charge in [0.1, 0.15) is 0 Å². The summed E-state index contributed by atoms with van der Waals surface area (Å²) in [6, 6.07) is 39.0. The fraction of sp³-hybridized carbons (Fsp3) is 0.0769. The molecule has 0 bridgehead atoms. The molecule has 0 aromatic heterocycles. The summed E-state index contributed by atoms with van der Waals surface area (Å²) in [5.41, 5.74) is 6.16. The molecule has 0 aliphatic heterocycles. The van der Waals surface area contributed by atoms with Crippen LogP contribution in [0, 0.1) is 10.1 Å². The maximum atomic E-state index is 10.5. The van der Waals surface area contributed by atoms with Crippen LogP contribution in [0.2, 0.25) is 0 Å². The first-order chi connectivity index (χ1) is 15.2. The van der Waals surface area contributed by atoms with Gasteiger partial charge in [-0.2, -0.15) is 0 Å². The summed E-state index contributed by atoms with van der Waals surface area (Å²) in [7, 11) is -0.446. The summed E-state index contributed by atoms with van der Waals surface area (Å²) in [4.78, 5) is 10.1. The molecule has 2 N–H and O–H groups in total. The van der Waals surface area contributed by atoms with Crippen molar-refractivity contribution in [2.75, 3.05) is 6.54 Å². The van der Waals surface area contributed by atoms with E-state index >= 15 is 0 Å². The molecule has 4 aromatic rings. The molecule has 4 rings (SSSR count). The molecule has 4 aromatic carbocycles. The second-order valence-corrected chi connectivity index (χ2v) is 8.99. The van der Waals surface area contributed by atoms with E-state index in [0.717, 1.165) is 0 Å². The molecule has 4 nitrogen and oxygen atoms in total. The van der Waals surface area contributed by atoms with Crippen molar-refractivity contribution < 1.29 is 4.92 Å². The standard InChI is InChI=1S/C18H15P.C8H10N2O2/c1-4-10-16(11-5-1)19(17-12-6-2-7-13-17)18-14-8-3-9-15-18;9-6-5-7-3-1-2-4-8(7)10(11)12/h1-15H;1-4H,5-6,9H2. The van der Waals surface area contributed by atoms with Crippen molar-refractivity contribution in [3.05, 3.63) is 131 Å². The van der Waals surface area contributed by atoms with Crippen molar-refractivity contribution in [1.82, 2.24) is 0 Å². The Labute approximate surface area is 184 Å². The van der Waals surface area contributed by atoms with E-state index in [1.54, 1.807) is 18.2 Å². The van der Waals surface area contributed by atoms with Gasteiger partial charge in [0.2, 0.25) is 0 Å². The van der Waals surface area contributed by atoms with Gasteiger partial charge in [-0.05, 0) is 36.8 Å². The maximum absolute atomic E-state index is 10.5. The van der Waals surface area contributed by atoms with E-state index in [9.17, 15) is 10.1 Å². The number of hydrogen-bond donors (Lipinski definition) is 1. The first-order valence-electron chi connectivity index (χ1n) is 10.1. The molecule has 0 heterocycles. The van der Waals surface area contributed by atoms with Crippen LogP contribution in [0.3, 0.4) is 0 Å². The van der Waals surface area contributed by atoms with Crippen LogP contribution in [-0.4, -0.2) is 11.5 Å². The first kappa shape index (κ1) is 22.4. The molecule has 0 radical (unpaired) electrons. The van der Waals surface area contributed by atoms with Gasteiger partial charge in [-0.3, -0.25) is 10.1 Å². The van der Waals surface area contributed by atoms with Crippen molar-refractivity contribution >= 4 is 29.5 Å². The quantitative estimate of drug-likeness (QED) is 0.278. The van der Waals surface area contributed by atoms with Crippen LogP contribution in [-0.2, 0) is 6.42 Å². The Balaban J connectivity index is 0.000000196. The number of hydrogen-bond acceptors (Lipinski definition) is 3. The molecule has 0 unspecified atom stereocenters. The van der Waals surface area contributed by atoms with Gasteiger partial charge in [0.15, 0.2) is 0 Å². The molecule has 0 fully saturated rings. The largest absolute Gasteiger partial charge is 0.330 e. The van der Waals surface area contributed by atoms with E-state index in [0.29, 0.717) is 18.5 Å². The Morgan fingerprint density at radius 2 is 1.03 bits per heavy atom. The van der Waals surface area contributed by atoms with E-state index in [-0.39, 0.29) is 10.6 Å². The summed E-state index contributed by atoms with van der Waals surface area (Å²) >= 11 is 0. The normalized spacial score (nSPS) is 10.3. The van der Waals surface area contributed by atoms with Gasteiger partial charge < -0.3 is 5.73 Å². The third-order valence-corrected chi connectivity index (χ3v) is 7.09. The topological polar surface area (TPSA) is 69.2 Å². The van der Waals surface area contributed by atoms with Gasteiger partial charge in [-0.1, -0.05) is 109 Å². The van der Waals surface area contributed by atoms with Crippen LogP contribution in [0.1, 0.15) is 5.56 Å². The highest BCUT2D eigenvalue weighted by Crippen LogP contribution is 2.32. The lowest BCUT2D eigenvalue weighted by Gasteiger charge is -2.18. The van der Waals surface area contributed by atoms with Crippen molar-refractivity contribution in [3.63, 3.8) is 0 Å². The Bertz CT molecular complexity index is 980. The Kier molecular flexibility index (Phi) is 8.48. The Hall–Kier alpha value is -3.33. The van der Waals surface area contributed by atoms with Crippen LogP contribution in [0.25, 0.3) is 0 Å². The van der Waals surface area contributed by atoms with E-state index in [2.05, 4.69) is 91.0 Å². The Morgan fingerprint density at radius 1 is 0.645 bits per heavy atom. The number of para-hydroxylation sites is 1. The van der Waals surface area contributed by atoms with Crippen LogP contribution in [0.5, 0.6) is 0 Å². The number of nitro benzene ring substituents is 1. The molecule has 0 saturated heterocycles. The fourth-order valence-electron chi connectivity index (χ4n) is 3.23. The molecule has 0 atom stereocenters. The predicted octanol–water partition coefficient (Wildman–Crippen LogP) is 4.54. The zero-order valence-electron chi connectivity index (χ0n) is 17.2. The summed E-state index contributed by atoms with van der Waals surface area (Å²) in [6.45, 7) is 0.435. The highest BCUT2D eigenvalue weighted by atomic mass is 31.1. The molecule has 0 amide bonds. The third-order valence-electron chi connectivity index (χ3n) is 4.65. The number of nitro groups is 1. The van der Waals surface area contributed by atoms with Crippen molar-refractivity contribution in [3.8, 4) is 0 Å². The van der Waals surface area contributed by atoms with Gasteiger partial charge in [0.25, 0.3) is 5.69 Å². The highest BCUT2D eigenvalue weighted by Gasteiger charge is 2.15. The summed E-state index contributed by atoms with van der Waals surface area (Å²) < 4.78 is 0. The van der Waals surface area contributed by atoms with Gasteiger partial charge in [0.05, 0.1) is 4.92 Å². The van der Waals surface area contributed by atoms with E-state index in [4.69, 9.17) is 5.73 Å². The van der Waals surface area contributed by atoms with E-state index < -0.39 is 7.92 Å². The minimum atomic E-state index is -0.446. The third kappa shape index (κ3) is 6.32. The number of benzene rings is 4. The van der Waals surface area contributed by atoms with Crippen LogP contribution in [0.15, 0.2) is 115 Å². The molecule has 31 heavy (non-hydrogen) atoms. The average Bonchev–Trinajstić information content (AvgIpc) is 2.82. The van der Waals surface area contributed by atoms with Gasteiger partial charge in [0, 0.05) is 11.6 Å². The van der Waals surface area contributed by atoms with Crippen molar-refractivity contribution in [1.29, 1.82) is 0 Å². The average molecular weight is 428 g/mol. The van der Waals surface area contributed by atoms with Crippen molar-refractivity contribution in [2.24, 2.45) is 5.73 Å². The zero-order valence-corrected chi connectivity index (χ0v) is 18.1. The molecule has 0 aliphatic carbocycles. The van der Waals surface area contributed by atoms with Gasteiger partial charge in [-0.25, -0.2) is 0 Å². The van der Waals surface area contributed by atoms with E-state index in [1.165, 1.54) is 22.0 Å². The zero-order chi connectivity index (χ0) is 21.9. The molecule has 0 saturated carbocycles. The summed E-state index contributed by atoms with van der Waals surface area (Å²) in [5, 5.41) is 14.7.